The van der Waals surface area contributed by atoms with Crippen LogP contribution in [0.1, 0.15) is 6.92 Å². The van der Waals surface area contributed by atoms with E-state index in [0.29, 0.717) is 21.6 Å². The summed E-state index contributed by atoms with van der Waals surface area (Å²) in [4.78, 5) is 23.4. The van der Waals surface area contributed by atoms with E-state index in [1.807, 2.05) is 18.2 Å². The minimum Gasteiger partial charge on any atom is -0.326 e. The summed E-state index contributed by atoms with van der Waals surface area (Å²) in [6.07, 6.45) is 1.56. The van der Waals surface area contributed by atoms with Crippen molar-refractivity contribution in [2.75, 3.05) is 16.4 Å². The highest BCUT2D eigenvalue weighted by molar-refractivity contribution is 7.99. The Morgan fingerprint density at radius 2 is 1.89 bits per heavy atom. The number of amides is 2. The Hall–Kier alpha value is -2.84. The zero-order valence-corrected chi connectivity index (χ0v) is 15.9. The van der Waals surface area contributed by atoms with Crippen LogP contribution in [0.4, 0.5) is 11.4 Å². The Labute approximate surface area is 165 Å². The highest BCUT2D eigenvalue weighted by Crippen LogP contribution is 2.22. The van der Waals surface area contributed by atoms with Crippen LogP contribution in [-0.2, 0) is 9.59 Å². The fourth-order valence-corrected chi connectivity index (χ4v) is 3.15. The molecule has 27 heavy (non-hydrogen) atoms. The second kappa shape index (κ2) is 8.70. The molecule has 0 aliphatic carbocycles. The van der Waals surface area contributed by atoms with E-state index in [0.717, 1.165) is 5.69 Å². The molecular formula is C18H16ClN5O2S. The lowest BCUT2D eigenvalue weighted by molar-refractivity contribution is -0.114. The third-order valence-electron chi connectivity index (χ3n) is 3.42. The molecule has 0 spiro atoms. The maximum absolute atomic E-state index is 12.1. The third-order valence-corrected chi connectivity index (χ3v) is 4.62. The van der Waals surface area contributed by atoms with E-state index in [1.54, 1.807) is 41.2 Å². The first-order valence-corrected chi connectivity index (χ1v) is 9.34. The van der Waals surface area contributed by atoms with Gasteiger partial charge in [0.1, 0.15) is 6.33 Å². The summed E-state index contributed by atoms with van der Waals surface area (Å²) in [7, 11) is 0. The van der Waals surface area contributed by atoms with Crippen LogP contribution < -0.4 is 10.6 Å². The van der Waals surface area contributed by atoms with Gasteiger partial charge in [0, 0.05) is 23.3 Å². The molecular weight excluding hydrogens is 386 g/mol. The molecule has 0 bridgehead atoms. The predicted octanol–water partition coefficient (Wildman–Crippen LogP) is 3.61. The summed E-state index contributed by atoms with van der Waals surface area (Å²) >= 11 is 7.10. The first kappa shape index (κ1) is 18.9. The number of thioether (sulfide) groups is 1. The van der Waals surface area contributed by atoms with E-state index in [9.17, 15) is 9.59 Å². The van der Waals surface area contributed by atoms with Gasteiger partial charge < -0.3 is 10.6 Å². The summed E-state index contributed by atoms with van der Waals surface area (Å²) in [6.45, 7) is 1.45. The number of carbonyl (C=O) groups is 2. The first-order chi connectivity index (χ1) is 13.0. The molecule has 0 fully saturated rings. The van der Waals surface area contributed by atoms with Crippen LogP contribution in [0, 0.1) is 0 Å². The van der Waals surface area contributed by atoms with Crippen LogP contribution in [-0.4, -0.2) is 32.3 Å². The van der Waals surface area contributed by atoms with Crippen molar-refractivity contribution in [3.8, 4) is 5.69 Å². The van der Waals surface area contributed by atoms with Gasteiger partial charge in [0.25, 0.3) is 0 Å². The molecule has 2 aromatic carbocycles. The van der Waals surface area contributed by atoms with Gasteiger partial charge in [-0.05, 0) is 42.5 Å². The number of nitrogens with one attached hydrogen (secondary N) is 2. The summed E-state index contributed by atoms with van der Waals surface area (Å²) in [5.41, 5.74) is 2.13. The van der Waals surface area contributed by atoms with Gasteiger partial charge >= 0.3 is 0 Å². The zero-order valence-electron chi connectivity index (χ0n) is 14.3. The molecule has 1 heterocycles. The lowest BCUT2D eigenvalue weighted by Gasteiger charge is -2.09. The Balaban J connectivity index is 1.66. The molecule has 0 radical (unpaired) electrons. The molecule has 0 unspecified atom stereocenters. The minimum absolute atomic E-state index is 0.149. The van der Waals surface area contributed by atoms with Gasteiger partial charge in [0.2, 0.25) is 11.8 Å². The van der Waals surface area contributed by atoms with E-state index in [4.69, 9.17) is 11.6 Å². The molecule has 0 aliphatic rings. The highest BCUT2D eigenvalue weighted by Gasteiger charge is 2.11. The maximum Gasteiger partial charge on any atom is 0.234 e. The number of aromatic nitrogens is 3. The molecule has 3 aromatic rings. The summed E-state index contributed by atoms with van der Waals surface area (Å²) in [6, 6.07) is 14.2. The normalized spacial score (nSPS) is 10.4. The van der Waals surface area contributed by atoms with Gasteiger partial charge in [-0.15, -0.1) is 10.2 Å². The van der Waals surface area contributed by atoms with Crippen molar-refractivity contribution in [3.63, 3.8) is 0 Å². The van der Waals surface area contributed by atoms with Crippen molar-refractivity contribution >= 4 is 46.6 Å². The molecule has 1 aromatic heterocycles. The molecule has 0 saturated heterocycles. The molecule has 3 rings (SSSR count). The van der Waals surface area contributed by atoms with Crippen LogP contribution in [0.2, 0.25) is 5.02 Å². The van der Waals surface area contributed by atoms with Crippen LogP contribution in [0.15, 0.2) is 60.0 Å². The lowest BCUT2D eigenvalue weighted by Crippen LogP contribution is -2.14. The minimum atomic E-state index is -0.163. The monoisotopic (exact) mass is 401 g/mol. The van der Waals surface area contributed by atoms with Crippen LogP contribution in [0.5, 0.6) is 0 Å². The van der Waals surface area contributed by atoms with Crippen molar-refractivity contribution < 1.29 is 9.59 Å². The standard InChI is InChI=1S/C18H16ClN5O2S/c1-12(25)21-15-3-2-4-16(9-15)24-11-20-23-18(24)27-10-17(26)22-14-7-5-13(19)6-8-14/h2-9,11H,10H2,1H3,(H,21,25)(H,22,26). The number of halogens is 1. The van der Waals surface area contributed by atoms with E-state index >= 15 is 0 Å². The number of nitrogens with zero attached hydrogens (tertiary/aromatic N) is 3. The van der Waals surface area contributed by atoms with Crippen molar-refractivity contribution in [2.45, 2.75) is 12.1 Å². The Kier molecular flexibility index (Phi) is 6.10. The highest BCUT2D eigenvalue weighted by atomic mass is 35.5. The van der Waals surface area contributed by atoms with Crippen LogP contribution in [0.3, 0.4) is 0 Å². The van der Waals surface area contributed by atoms with E-state index in [2.05, 4.69) is 20.8 Å². The second-order valence-corrected chi connectivity index (χ2v) is 6.94. The van der Waals surface area contributed by atoms with Gasteiger partial charge in [0.15, 0.2) is 5.16 Å². The van der Waals surface area contributed by atoms with Gasteiger partial charge in [-0.1, -0.05) is 29.4 Å². The number of rotatable bonds is 6. The molecule has 138 valence electrons. The average Bonchev–Trinajstić information content (AvgIpc) is 3.10. The van der Waals surface area contributed by atoms with E-state index in [-0.39, 0.29) is 17.6 Å². The Morgan fingerprint density at radius 3 is 2.63 bits per heavy atom. The molecule has 0 aliphatic heterocycles. The van der Waals surface area contributed by atoms with Gasteiger partial charge in [-0.25, -0.2) is 0 Å². The fourth-order valence-electron chi connectivity index (χ4n) is 2.30. The third kappa shape index (κ3) is 5.32. The number of hydrogen-bond acceptors (Lipinski definition) is 5. The van der Waals surface area contributed by atoms with E-state index in [1.165, 1.54) is 18.7 Å². The topological polar surface area (TPSA) is 88.9 Å². The van der Waals surface area contributed by atoms with Crippen molar-refractivity contribution in [2.24, 2.45) is 0 Å². The second-order valence-electron chi connectivity index (χ2n) is 5.56. The van der Waals surface area contributed by atoms with Gasteiger partial charge in [0.05, 0.1) is 11.4 Å². The number of hydrogen-bond donors (Lipinski definition) is 2. The fraction of sp³-hybridized carbons (Fsp3) is 0.111. The van der Waals surface area contributed by atoms with Crippen LogP contribution >= 0.6 is 23.4 Å². The first-order valence-electron chi connectivity index (χ1n) is 7.97. The summed E-state index contributed by atoms with van der Waals surface area (Å²) in [5, 5.41) is 14.7. The number of benzene rings is 2. The quantitative estimate of drug-likeness (QED) is 0.616. The molecule has 2 amide bonds. The molecule has 9 heteroatoms. The van der Waals surface area contributed by atoms with E-state index < -0.39 is 0 Å². The number of anilines is 2. The lowest BCUT2D eigenvalue weighted by atomic mass is 10.2. The van der Waals surface area contributed by atoms with Gasteiger partial charge in [-0.3, -0.25) is 14.2 Å². The van der Waals surface area contributed by atoms with Gasteiger partial charge in [-0.2, -0.15) is 0 Å². The summed E-state index contributed by atoms with van der Waals surface area (Å²) in [5.74, 6) is -0.138. The summed E-state index contributed by atoms with van der Waals surface area (Å²) < 4.78 is 1.76. The molecule has 2 N–H and O–H groups in total. The smallest absolute Gasteiger partial charge is 0.234 e. The Bertz CT molecular complexity index is 958. The van der Waals surface area contributed by atoms with Crippen molar-refractivity contribution in [1.29, 1.82) is 0 Å². The largest absolute Gasteiger partial charge is 0.326 e. The molecule has 7 nitrogen and oxygen atoms in total. The zero-order chi connectivity index (χ0) is 19.2. The molecule has 0 atom stereocenters. The van der Waals surface area contributed by atoms with Crippen molar-refractivity contribution in [1.82, 2.24) is 14.8 Å². The molecule has 0 saturated carbocycles. The van der Waals surface area contributed by atoms with Crippen molar-refractivity contribution in [3.05, 3.63) is 59.9 Å². The SMILES string of the molecule is CC(=O)Nc1cccc(-n2cnnc2SCC(=O)Nc2ccc(Cl)cc2)c1. The maximum atomic E-state index is 12.1. The Morgan fingerprint density at radius 1 is 1.11 bits per heavy atom. The average molecular weight is 402 g/mol. The van der Waals surface area contributed by atoms with Crippen LogP contribution in [0.25, 0.3) is 5.69 Å². The number of carbonyl (C=O) groups excluding carboxylic acids is 2. The predicted molar refractivity (Wildman–Crippen MR) is 106 cm³/mol.